The van der Waals surface area contributed by atoms with Crippen LogP contribution in [0.2, 0.25) is 0 Å². The molecule has 1 aliphatic heterocycles. The molecule has 0 saturated carbocycles. The first-order valence-corrected chi connectivity index (χ1v) is 8.90. The largest absolute Gasteiger partial charge is 0.383 e. The van der Waals surface area contributed by atoms with Crippen LogP contribution in [0.15, 0.2) is 0 Å². The van der Waals surface area contributed by atoms with Crippen LogP contribution >= 0.6 is 0 Å². The van der Waals surface area contributed by atoms with E-state index in [4.69, 9.17) is 4.74 Å². The van der Waals surface area contributed by atoms with E-state index in [1.165, 1.54) is 4.31 Å². The summed E-state index contributed by atoms with van der Waals surface area (Å²) < 4.78 is 33.1. The second-order valence-electron chi connectivity index (χ2n) is 5.16. The highest BCUT2D eigenvalue weighted by atomic mass is 32.2. The summed E-state index contributed by atoms with van der Waals surface area (Å²) in [5.41, 5.74) is 0. The molecule has 20 heavy (non-hydrogen) atoms. The Morgan fingerprint density at radius 3 is 2.65 bits per heavy atom. The molecular formula is C13H29N3O3S. The van der Waals surface area contributed by atoms with Gasteiger partial charge in [-0.25, -0.2) is 0 Å². The van der Waals surface area contributed by atoms with E-state index >= 15 is 0 Å². The summed E-state index contributed by atoms with van der Waals surface area (Å²) in [7, 11) is -1.60. The van der Waals surface area contributed by atoms with Gasteiger partial charge >= 0.3 is 0 Å². The van der Waals surface area contributed by atoms with E-state index < -0.39 is 10.2 Å². The molecule has 0 amide bonds. The summed E-state index contributed by atoms with van der Waals surface area (Å²) in [6.07, 6.45) is 2.03. The van der Waals surface area contributed by atoms with E-state index in [2.05, 4.69) is 5.32 Å². The smallest absolute Gasteiger partial charge is 0.281 e. The SMILES string of the molecule is CCN(CC)S(=O)(=O)N1CCCC(CNCCOC)C1. The maximum atomic E-state index is 12.5. The molecule has 1 unspecified atom stereocenters. The van der Waals surface area contributed by atoms with Gasteiger partial charge in [0.05, 0.1) is 6.61 Å². The molecule has 1 heterocycles. The monoisotopic (exact) mass is 307 g/mol. The molecule has 0 aliphatic carbocycles. The van der Waals surface area contributed by atoms with Gasteiger partial charge in [-0.15, -0.1) is 0 Å². The lowest BCUT2D eigenvalue weighted by Gasteiger charge is -2.35. The second kappa shape index (κ2) is 8.94. The molecule has 6 nitrogen and oxygen atoms in total. The van der Waals surface area contributed by atoms with Crippen molar-refractivity contribution < 1.29 is 13.2 Å². The number of ether oxygens (including phenoxy) is 1. The van der Waals surface area contributed by atoms with Crippen molar-refractivity contribution in [2.24, 2.45) is 5.92 Å². The normalized spacial score (nSPS) is 21.5. The van der Waals surface area contributed by atoms with Gasteiger partial charge in [0.2, 0.25) is 0 Å². The Hall–Kier alpha value is -0.210. The third-order valence-corrected chi connectivity index (χ3v) is 5.91. The van der Waals surface area contributed by atoms with Gasteiger partial charge in [-0.1, -0.05) is 13.8 Å². The molecule has 0 spiro atoms. The van der Waals surface area contributed by atoms with Crippen LogP contribution in [0.1, 0.15) is 26.7 Å². The lowest BCUT2D eigenvalue weighted by atomic mass is 10.00. The lowest BCUT2D eigenvalue weighted by molar-refractivity contribution is 0.192. The number of piperidine rings is 1. The average molecular weight is 307 g/mol. The molecule has 1 atom stereocenters. The predicted molar refractivity (Wildman–Crippen MR) is 80.9 cm³/mol. The Bertz CT molecular complexity index is 358. The van der Waals surface area contributed by atoms with Gasteiger partial charge in [-0.3, -0.25) is 0 Å². The van der Waals surface area contributed by atoms with Crippen molar-refractivity contribution in [3.05, 3.63) is 0 Å². The molecule has 0 aromatic rings. The predicted octanol–water partition coefficient (Wildman–Crippen LogP) is 0.521. The minimum Gasteiger partial charge on any atom is -0.383 e. The summed E-state index contributed by atoms with van der Waals surface area (Å²) in [4.78, 5) is 0. The molecule has 1 fully saturated rings. The molecule has 0 aromatic heterocycles. The third-order valence-electron chi connectivity index (χ3n) is 3.76. The number of hydrogen-bond acceptors (Lipinski definition) is 4. The van der Waals surface area contributed by atoms with Crippen LogP contribution in [0.3, 0.4) is 0 Å². The van der Waals surface area contributed by atoms with Crippen LogP contribution in [-0.4, -0.2) is 70.0 Å². The van der Waals surface area contributed by atoms with E-state index in [9.17, 15) is 8.42 Å². The average Bonchev–Trinajstić information content (AvgIpc) is 2.45. The van der Waals surface area contributed by atoms with E-state index in [1.807, 2.05) is 13.8 Å². The van der Waals surface area contributed by atoms with Crippen LogP contribution < -0.4 is 5.32 Å². The molecule has 1 aliphatic rings. The fourth-order valence-electron chi connectivity index (χ4n) is 2.60. The summed E-state index contributed by atoms with van der Waals surface area (Å²) >= 11 is 0. The van der Waals surface area contributed by atoms with Crippen LogP contribution in [0, 0.1) is 5.92 Å². The first-order chi connectivity index (χ1) is 9.56. The van der Waals surface area contributed by atoms with Crippen molar-refractivity contribution in [3.63, 3.8) is 0 Å². The van der Waals surface area contributed by atoms with Gasteiger partial charge < -0.3 is 10.1 Å². The van der Waals surface area contributed by atoms with Crippen molar-refractivity contribution in [2.75, 3.05) is 53.0 Å². The fourth-order valence-corrected chi connectivity index (χ4v) is 4.33. The molecule has 1 saturated heterocycles. The van der Waals surface area contributed by atoms with E-state index in [1.54, 1.807) is 11.4 Å². The number of methoxy groups -OCH3 is 1. The van der Waals surface area contributed by atoms with Crippen LogP contribution in [0.4, 0.5) is 0 Å². The van der Waals surface area contributed by atoms with Crippen molar-refractivity contribution in [2.45, 2.75) is 26.7 Å². The Morgan fingerprint density at radius 1 is 1.35 bits per heavy atom. The minimum absolute atomic E-state index is 0.394. The standard InChI is InChI=1S/C13H29N3O3S/c1-4-15(5-2)20(17,18)16-9-6-7-13(12-16)11-14-8-10-19-3/h13-14H,4-12H2,1-3H3. The molecule has 1 N–H and O–H groups in total. The van der Waals surface area contributed by atoms with Crippen molar-refractivity contribution >= 4 is 10.2 Å². The topological polar surface area (TPSA) is 61.9 Å². The van der Waals surface area contributed by atoms with Crippen LogP contribution in [-0.2, 0) is 14.9 Å². The third kappa shape index (κ3) is 4.96. The molecule has 120 valence electrons. The van der Waals surface area contributed by atoms with Gasteiger partial charge in [-0.05, 0) is 25.3 Å². The zero-order valence-electron chi connectivity index (χ0n) is 13.0. The first kappa shape index (κ1) is 17.8. The number of rotatable bonds is 9. The maximum Gasteiger partial charge on any atom is 0.281 e. The quantitative estimate of drug-likeness (QED) is 0.631. The zero-order chi connectivity index (χ0) is 15.0. The summed E-state index contributed by atoms with van der Waals surface area (Å²) in [5, 5.41) is 3.33. The lowest BCUT2D eigenvalue weighted by Crippen LogP contribution is -2.49. The van der Waals surface area contributed by atoms with Crippen molar-refractivity contribution in [1.29, 1.82) is 0 Å². The summed E-state index contributed by atoms with van der Waals surface area (Å²) in [6, 6.07) is 0. The van der Waals surface area contributed by atoms with Gasteiger partial charge in [-0.2, -0.15) is 17.0 Å². The molecule has 1 rings (SSSR count). The number of hydrogen-bond donors (Lipinski definition) is 1. The highest BCUT2D eigenvalue weighted by Gasteiger charge is 2.31. The van der Waals surface area contributed by atoms with Crippen LogP contribution in [0.5, 0.6) is 0 Å². The highest BCUT2D eigenvalue weighted by molar-refractivity contribution is 7.86. The van der Waals surface area contributed by atoms with E-state index in [0.717, 1.165) is 25.9 Å². The Balaban J connectivity index is 2.51. The van der Waals surface area contributed by atoms with Crippen molar-refractivity contribution in [3.8, 4) is 0 Å². The highest BCUT2D eigenvalue weighted by Crippen LogP contribution is 2.20. The molecular weight excluding hydrogens is 278 g/mol. The van der Waals surface area contributed by atoms with Crippen LogP contribution in [0.25, 0.3) is 0 Å². The van der Waals surface area contributed by atoms with E-state index in [-0.39, 0.29) is 0 Å². The van der Waals surface area contributed by atoms with Gasteiger partial charge in [0.1, 0.15) is 0 Å². The van der Waals surface area contributed by atoms with Gasteiger partial charge in [0.15, 0.2) is 0 Å². The summed E-state index contributed by atoms with van der Waals surface area (Å²) in [5.74, 6) is 0.394. The second-order valence-corrected chi connectivity index (χ2v) is 7.08. The molecule has 0 bridgehead atoms. The van der Waals surface area contributed by atoms with Gasteiger partial charge in [0.25, 0.3) is 10.2 Å². The number of nitrogens with one attached hydrogen (secondary N) is 1. The minimum atomic E-state index is -3.28. The first-order valence-electron chi connectivity index (χ1n) is 7.51. The maximum absolute atomic E-state index is 12.5. The Kier molecular flexibility index (Phi) is 7.98. The summed E-state index contributed by atoms with van der Waals surface area (Å²) in [6.45, 7) is 8.46. The van der Waals surface area contributed by atoms with Crippen molar-refractivity contribution in [1.82, 2.24) is 13.9 Å². The zero-order valence-corrected chi connectivity index (χ0v) is 13.8. The van der Waals surface area contributed by atoms with E-state index in [0.29, 0.717) is 38.7 Å². The molecule has 0 aromatic carbocycles. The fraction of sp³-hybridized carbons (Fsp3) is 1.00. The Labute approximate surface area is 123 Å². The Morgan fingerprint density at radius 2 is 2.05 bits per heavy atom. The van der Waals surface area contributed by atoms with Gasteiger partial charge in [0, 0.05) is 39.8 Å². The molecule has 0 radical (unpaired) electrons. The number of nitrogens with zero attached hydrogens (tertiary/aromatic N) is 2. The molecule has 7 heteroatoms.